The number of nitrogens with one attached hydrogen (secondary N) is 1. The van der Waals surface area contributed by atoms with E-state index in [0.717, 1.165) is 0 Å². The maximum atomic E-state index is 11.7. The van der Waals surface area contributed by atoms with Gasteiger partial charge in [0.15, 0.2) is 0 Å². The third kappa shape index (κ3) is 2.55. The lowest BCUT2D eigenvalue weighted by Gasteiger charge is -2.12. The predicted molar refractivity (Wildman–Crippen MR) is 64.9 cm³/mol. The summed E-state index contributed by atoms with van der Waals surface area (Å²) in [6, 6.07) is 1.33. The van der Waals surface area contributed by atoms with Crippen LogP contribution in [0.3, 0.4) is 0 Å². The van der Waals surface area contributed by atoms with E-state index in [2.05, 4.69) is 10.3 Å². The number of nitro groups is 1. The first-order valence-corrected chi connectivity index (χ1v) is 5.37. The second kappa shape index (κ2) is 5.44. The number of hydrogen-bond donors (Lipinski definition) is 1. The molecule has 0 bridgehead atoms. The number of methoxy groups -OCH3 is 1. The van der Waals surface area contributed by atoms with Crippen molar-refractivity contribution in [1.82, 2.24) is 10.3 Å². The molecule has 0 spiro atoms. The number of amides is 1. The summed E-state index contributed by atoms with van der Waals surface area (Å²) in [5.41, 5.74) is 0.422. The van der Waals surface area contributed by atoms with Gasteiger partial charge in [-0.2, -0.15) is 0 Å². The Hall–Kier alpha value is -2.18. The average Bonchev–Trinajstić information content (AvgIpc) is 2.35. The van der Waals surface area contributed by atoms with Gasteiger partial charge in [-0.3, -0.25) is 14.9 Å². The van der Waals surface area contributed by atoms with Crippen LogP contribution in [-0.2, 0) is 0 Å². The minimum absolute atomic E-state index is 0.0607. The van der Waals surface area contributed by atoms with Crippen LogP contribution in [0.15, 0.2) is 6.07 Å². The van der Waals surface area contributed by atoms with E-state index in [1.54, 1.807) is 0 Å². The van der Waals surface area contributed by atoms with Crippen LogP contribution >= 0.6 is 0 Å². The smallest absolute Gasteiger partial charge is 0.331 e. The van der Waals surface area contributed by atoms with Gasteiger partial charge in [-0.1, -0.05) is 13.8 Å². The Morgan fingerprint density at radius 3 is 2.56 bits per heavy atom. The molecule has 0 aliphatic heterocycles. The van der Waals surface area contributed by atoms with E-state index in [1.807, 2.05) is 13.8 Å². The molecule has 98 valence electrons. The highest BCUT2D eigenvalue weighted by atomic mass is 16.6. The molecule has 1 amide bonds. The van der Waals surface area contributed by atoms with E-state index in [1.165, 1.54) is 20.2 Å². The van der Waals surface area contributed by atoms with Crippen LogP contribution in [0.25, 0.3) is 0 Å². The van der Waals surface area contributed by atoms with Gasteiger partial charge in [0.2, 0.25) is 0 Å². The summed E-state index contributed by atoms with van der Waals surface area (Å²) in [5.74, 6) is -0.621. The van der Waals surface area contributed by atoms with E-state index in [-0.39, 0.29) is 23.2 Å². The second-order valence-electron chi connectivity index (χ2n) is 3.95. The molecule has 18 heavy (non-hydrogen) atoms. The van der Waals surface area contributed by atoms with Crippen molar-refractivity contribution in [3.63, 3.8) is 0 Å². The molecule has 0 unspecified atom stereocenters. The minimum Gasteiger partial charge on any atom is -0.476 e. The third-order valence-electron chi connectivity index (χ3n) is 2.45. The van der Waals surface area contributed by atoms with Gasteiger partial charge in [0.25, 0.3) is 11.8 Å². The first-order valence-electron chi connectivity index (χ1n) is 5.37. The molecule has 1 heterocycles. The summed E-state index contributed by atoms with van der Waals surface area (Å²) in [4.78, 5) is 25.9. The van der Waals surface area contributed by atoms with Crippen molar-refractivity contribution in [2.24, 2.45) is 0 Å². The number of aromatic nitrogens is 1. The van der Waals surface area contributed by atoms with Crippen LogP contribution in [0.5, 0.6) is 5.88 Å². The van der Waals surface area contributed by atoms with Crippen molar-refractivity contribution in [3.8, 4) is 5.88 Å². The number of nitrogens with zero attached hydrogens (tertiary/aromatic N) is 2. The summed E-state index contributed by atoms with van der Waals surface area (Å²) < 4.78 is 4.84. The zero-order valence-corrected chi connectivity index (χ0v) is 10.7. The highest BCUT2D eigenvalue weighted by Crippen LogP contribution is 2.30. The lowest BCUT2D eigenvalue weighted by atomic mass is 10.0. The first-order chi connectivity index (χ1) is 8.42. The van der Waals surface area contributed by atoms with Crippen molar-refractivity contribution >= 4 is 11.6 Å². The van der Waals surface area contributed by atoms with Gasteiger partial charge in [0.05, 0.1) is 12.0 Å². The summed E-state index contributed by atoms with van der Waals surface area (Å²) in [6.07, 6.45) is 0. The second-order valence-corrected chi connectivity index (χ2v) is 3.95. The van der Waals surface area contributed by atoms with E-state index >= 15 is 0 Å². The Morgan fingerprint density at radius 2 is 2.17 bits per heavy atom. The molecule has 0 saturated carbocycles. The Morgan fingerprint density at radius 1 is 1.56 bits per heavy atom. The first kappa shape index (κ1) is 13.9. The fraction of sp³-hybridized carbons (Fsp3) is 0.455. The fourth-order valence-electron chi connectivity index (χ4n) is 1.52. The Labute approximate surface area is 104 Å². The maximum Gasteiger partial charge on any atom is 0.331 e. The Bertz CT molecular complexity index is 485. The molecule has 0 fully saturated rings. The molecule has 0 aliphatic rings. The Kier molecular flexibility index (Phi) is 4.19. The molecule has 0 aromatic carbocycles. The van der Waals surface area contributed by atoms with E-state index in [0.29, 0.717) is 5.56 Å². The molecule has 0 saturated heterocycles. The summed E-state index contributed by atoms with van der Waals surface area (Å²) in [5, 5.41) is 13.3. The van der Waals surface area contributed by atoms with Gasteiger partial charge in [0.1, 0.15) is 5.69 Å². The van der Waals surface area contributed by atoms with Crippen molar-refractivity contribution < 1.29 is 14.5 Å². The van der Waals surface area contributed by atoms with Crippen LogP contribution in [0, 0.1) is 10.1 Å². The largest absolute Gasteiger partial charge is 0.476 e. The highest BCUT2D eigenvalue weighted by molar-refractivity contribution is 5.94. The number of hydrogen-bond acceptors (Lipinski definition) is 5. The van der Waals surface area contributed by atoms with Gasteiger partial charge in [-0.25, -0.2) is 4.98 Å². The topological polar surface area (TPSA) is 94.4 Å². The van der Waals surface area contributed by atoms with Crippen LogP contribution < -0.4 is 10.1 Å². The number of carbonyl (C=O) groups excluding carboxylic acids is 1. The number of carbonyl (C=O) groups is 1. The summed E-state index contributed by atoms with van der Waals surface area (Å²) in [7, 11) is 2.75. The van der Waals surface area contributed by atoms with Crippen LogP contribution in [-0.4, -0.2) is 30.0 Å². The molecule has 7 heteroatoms. The quantitative estimate of drug-likeness (QED) is 0.647. The Balaban J connectivity index is 3.51. The molecule has 0 atom stereocenters. The molecule has 7 nitrogen and oxygen atoms in total. The van der Waals surface area contributed by atoms with E-state index in [9.17, 15) is 14.9 Å². The lowest BCUT2D eigenvalue weighted by molar-refractivity contribution is -0.386. The standard InChI is InChI=1S/C11H15N3O4/c1-6(2)7-5-8(14(16)17)11(18-4)13-9(7)10(15)12-3/h5-6H,1-4H3,(H,12,15). The van der Waals surface area contributed by atoms with Gasteiger partial charge in [0, 0.05) is 13.1 Å². The molecule has 0 radical (unpaired) electrons. The molecular formula is C11H15N3O4. The van der Waals surface area contributed by atoms with Crippen molar-refractivity contribution in [2.45, 2.75) is 19.8 Å². The zero-order chi connectivity index (χ0) is 13.9. The van der Waals surface area contributed by atoms with E-state index in [4.69, 9.17) is 4.74 Å². The summed E-state index contributed by atoms with van der Waals surface area (Å²) >= 11 is 0. The molecular weight excluding hydrogens is 238 g/mol. The average molecular weight is 253 g/mol. The van der Waals surface area contributed by atoms with Crippen LogP contribution in [0.2, 0.25) is 0 Å². The van der Waals surface area contributed by atoms with Gasteiger partial charge in [-0.15, -0.1) is 0 Å². The SMILES string of the molecule is CNC(=O)c1nc(OC)c([N+](=O)[O-])cc1C(C)C. The lowest BCUT2D eigenvalue weighted by Crippen LogP contribution is -2.22. The number of ether oxygens (including phenoxy) is 1. The van der Waals surface area contributed by atoms with Crippen molar-refractivity contribution in [3.05, 3.63) is 27.4 Å². The molecule has 1 rings (SSSR count). The monoisotopic (exact) mass is 253 g/mol. The normalized spacial score (nSPS) is 10.3. The van der Waals surface area contributed by atoms with E-state index < -0.39 is 10.8 Å². The van der Waals surface area contributed by atoms with Crippen LogP contribution in [0.1, 0.15) is 35.8 Å². The molecule has 1 aromatic heterocycles. The van der Waals surface area contributed by atoms with Gasteiger partial charge < -0.3 is 10.1 Å². The third-order valence-corrected chi connectivity index (χ3v) is 2.45. The zero-order valence-electron chi connectivity index (χ0n) is 10.7. The minimum atomic E-state index is -0.578. The highest BCUT2D eigenvalue weighted by Gasteiger charge is 2.24. The van der Waals surface area contributed by atoms with Gasteiger partial charge >= 0.3 is 5.69 Å². The van der Waals surface area contributed by atoms with Gasteiger partial charge in [-0.05, 0) is 11.5 Å². The van der Waals surface area contributed by atoms with Crippen molar-refractivity contribution in [2.75, 3.05) is 14.2 Å². The fourth-order valence-corrected chi connectivity index (χ4v) is 1.52. The number of pyridine rings is 1. The number of rotatable bonds is 4. The maximum absolute atomic E-state index is 11.7. The van der Waals surface area contributed by atoms with Crippen molar-refractivity contribution in [1.29, 1.82) is 0 Å². The predicted octanol–water partition coefficient (Wildman–Crippen LogP) is 1.48. The summed E-state index contributed by atoms with van der Waals surface area (Å²) in [6.45, 7) is 3.67. The van der Waals surface area contributed by atoms with Crippen LogP contribution in [0.4, 0.5) is 5.69 Å². The molecule has 1 aromatic rings. The molecule has 0 aliphatic carbocycles. The molecule has 1 N–H and O–H groups in total.